The number of phenolic OH excluding ortho intramolecular Hbond substituents is 1. The van der Waals surface area contributed by atoms with E-state index in [2.05, 4.69) is 11.9 Å². The normalized spacial score (nSPS) is 19.7. The molecule has 1 fully saturated rings. The number of benzene rings is 2. The van der Waals surface area contributed by atoms with Gasteiger partial charge in [0.2, 0.25) is 0 Å². The zero-order chi connectivity index (χ0) is 13.5. The second-order valence-electron chi connectivity index (χ2n) is 5.55. The SMILES string of the molecule is CN1CCC(O)(c2cccc3ccc(O)cc23)CC1. The average Bonchev–Trinajstić information content (AvgIpc) is 2.41. The molecule has 1 aliphatic heterocycles. The standard InChI is InChI=1S/C16H19NO2/c1-17-9-7-16(19,8-10-17)15-4-2-3-12-5-6-13(18)11-14(12)15/h2-6,11,18-19H,7-10H2,1H3. The number of piperidine rings is 1. The Morgan fingerprint density at radius 3 is 2.58 bits per heavy atom. The Morgan fingerprint density at radius 2 is 1.84 bits per heavy atom. The highest BCUT2D eigenvalue weighted by atomic mass is 16.3. The third-order valence-electron chi connectivity index (χ3n) is 4.18. The number of aromatic hydroxyl groups is 1. The summed E-state index contributed by atoms with van der Waals surface area (Å²) in [6, 6.07) is 11.3. The van der Waals surface area contributed by atoms with Crippen LogP contribution in [-0.2, 0) is 5.60 Å². The molecular formula is C16H19NO2. The van der Waals surface area contributed by atoms with Crippen molar-refractivity contribution in [2.45, 2.75) is 18.4 Å². The third-order valence-corrected chi connectivity index (χ3v) is 4.18. The Balaban J connectivity index is 2.11. The topological polar surface area (TPSA) is 43.7 Å². The third kappa shape index (κ3) is 2.20. The van der Waals surface area contributed by atoms with Gasteiger partial charge in [-0.2, -0.15) is 0 Å². The summed E-state index contributed by atoms with van der Waals surface area (Å²) in [5.41, 5.74) is 0.161. The first-order valence-electron chi connectivity index (χ1n) is 6.72. The van der Waals surface area contributed by atoms with Crippen molar-refractivity contribution in [3.8, 4) is 5.75 Å². The number of hydrogen-bond acceptors (Lipinski definition) is 3. The van der Waals surface area contributed by atoms with E-state index in [0.717, 1.165) is 42.3 Å². The lowest BCUT2D eigenvalue weighted by Gasteiger charge is -2.37. The number of likely N-dealkylation sites (tertiary alicyclic amines) is 1. The van der Waals surface area contributed by atoms with Crippen LogP contribution in [0.5, 0.6) is 5.75 Å². The van der Waals surface area contributed by atoms with Gasteiger partial charge in [-0.25, -0.2) is 0 Å². The van der Waals surface area contributed by atoms with E-state index in [1.807, 2.05) is 24.3 Å². The van der Waals surface area contributed by atoms with Crippen LogP contribution in [0.1, 0.15) is 18.4 Å². The van der Waals surface area contributed by atoms with Crippen molar-refractivity contribution in [3.63, 3.8) is 0 Å². The summed E-state index contributed by atoms with van der Waals surface area (Å²) in [4.78, 5) is 2.23. The van der Waals surface area contributed by atoms with Crippen LogP contribution in [0.3, 0.4) is 0 Å². The van der Waals surface area contributed by atoms with E-state index in [1.165, 1.54) is 0 Å². The van der Waals surface area contributed by atoms with Crippen molar-refractivity contribution in [1.29, 1.82) is 0 Å². The lowest BCUT2D eigenvalue weighted by atomic mass is 9.82. The second kappa shape index (κ2) is 4.51. The largest absolute Gasteiger partial charge is 0.508 e. The van der Waals surface area contributed by atoms with Gasteiger partial charge in [0.15, 0.2) is 0 Å². The Labute approximate surface area is 113 Å². The van der Waals surface area contributed by atoms with Gasteiger partial charge in [-0.3, -0.25) is 0 Å². The van der Waals surface area contributed by atoms with Crippen LogP contribution in [-0.4, -0.2) is 35.3 Å². The molecule has 2 aromatic carbocycles. The van der Waals surface area contributed by atoms with E-state index in [4.69, 9.17) is 0 Å². The van der Waals surface area contributed by atoms with E-state index in [1.54, 1.807) is 12.1 Å². The Bertz CT molecular complexity index is 601. The first-order valence-corrected chi connectivity index (χ1v) is 6.72. The molecule has 0 spiro atoms. The van der Waals surface area contributed by atoms with Crippen molar-refractivity contribution in [3.05, 3.63) is 42.0 Å². The lowest BCUT2D eigenvalue weighted by molar-refractivity contribution is -0.0190. The first kappa shape index (κ1) is 12.5. The van der Waals surface area contributed by atoms with Crippen molar-refractivity contribution >= 4 is 10.8 Å². The molecule has 1 heterocycles. The number of aliphatic hydroxyl groups is 1. The maximum Gasteiger partial charge on any atom is 0.116 e. The molecule has 19 heavy (non-hydrogen) atoms. The maximum atomic E-state index is 10.9. The van der Waals surface area contributed by atoms with Gasteiger partial charge in [0, 0.05) is 13.1 Å². The van der Waals surface area contributed by atoms with Crippen LogP contribution in [0.4, 0.5) is 0 Å². The molecule has 0 amide bonds. The van der Waals surface area contributed by atoms with E-state index in [9.17, 15) is 10.2 Å². The molecule has 2 N–H and O–H groups in total. The fourth-order valence-electron chi connectivity index (χ4n) is 2.92. The van der Waals surface area contributed by atoms with Gasteiger partial charge in [-0.1, -0.05) is 24.3 Å². The summed E-state index contributed by atoms with van der Waals surface area (Å²) in [7, 11) is 2.08. The molecule has 0 aromatic heterocycles. The molecule has 3 heteroatoms. The molecule has 100 valence electrons. The molecule has 0 radical (unpaired) electrons. The van der Waals surface area contributed by atoms with E-state index >= 15 is 0 Å². The number of phenols is 1. The fraction of sp³-hybridized carbons (Fsp3) is 0.375. The molecule has 0 atom stereocenters. The summed E-state index contributed by atoms with van der Waals surface area (Å²) in [5, 5.41) is 22.6. The molecular weight excluding hydrogens is 238 g/mol. The highest BCUT2D eigenvalue weighted by Gasteiger charge is 2.34. The molecule has 3 rings (SSSR count). The van der Waals surface area contributed by atoms with E-state index in [-0.39, 0.29) is 5.75 Å². The molecule has 0 aliphatic carbocycles. The van der Waals surface area contributed by atoms with Crippen molar-refractivity contribution < 1.29 is 10.2 Å². The van der Waals surface area contributed by atoms with E-state index < -0.39 is 5.60 Å². The predicted molar refractivity (Wildman–Crippen MR) is 76.2 cm³/mol. The van der Waals surface area contributed by atoms with Gasteiger partial charge in [0.05, 0.1) is 5.60 Å². The van der Waals surface area contributed by atoms with Gasteiger partial charge in [0.1, 0.15) is 5.75 Å². The summed E-state index contributed by atoms with van der Waals surface area (Å²) in [5.74, 6) is 0.247. The van der Waals surface area contributed by atoms with Crippen LogP contribution < -0.4 is 0 Å². The summed E-state index contributed by atoms with van der Waals surface area (Å²) in [6.07, 6.45) is 1.47. The number of rotatable bonds is 1. The molecule has 1 saturated heterocycles. The minimum Gasteiger partial charge on any atom is -0.508 e. The van der Waals surface area contributed by atoms with Crippen LogP contribution in [0.2, 0.25) is 0 Å². The molecule has 0 bridgehead atoms. The van der Waals surface area contributed by atoms with Crippen molar-refractivity contribution in [1.82, 2.24) is 4.90 Å². The summed E-state index contributed by atoms with van der Waals surface area (Å²) in [6.45, 7) is 1.79. The minimum absolute atomic E-state index is 0.247. The van der Waals surface area contributed by atoms with E-state index in [0.29, 0.717) is 0 Å². The lowest BCUT2D eigenvalue weighted by Crippen LogP contribution is -2.40. The van der Waals surface area contributed by atoms with Crippen LogP contribution in [0.15, 0.2) is 36.4 Å². The van der Waals surface area contributed by atoms with Crippen molar-refractivity contribution in [2.75, 3.05) is 20.1 Å². The van der Waals surface area contributed by atoms with Gasteiger partial charge in [0.25, 0.3) is 0 Å². The maximum absolute atomic E-state index is 10.9. The molecule has 3 nitrogen and oxygen atoms in total. The Hall–Kier alpha value is -1.58. The quantitative estimate of drug-likeness (QED) is 0.824. The van der Waals surface area contributed by atoms with Crippen LogP contribution in [0, 0.1) is 0 Å². The predicted octanol–water partition coefficient (Wildman–Crippen LogP) is 2.46. The average molecular weight is 257 g/mol. The number of hydrogen-bond donors (Lipinski definition) is 2. The summed E-state index contributed by atoms with van der Waals surface area (Å²) >= 11 is 0. The Morgan fingerprint density at radius 1 is 1.11 bits per heavy atom. The van der Waals surface area contributed by atoms with Crippen molar-refractivity contribution in [2.24, 2.45) is 0 Å². The molecule has 0 unspecified atom stereocenters. The van der Waals surface area contributed by atoms with Gasteiger partial charge in [-0.05, 0) is 48.4 Å². The zero-order valence-corrected chi connectivity index (χ0v) is 11.1. The first-order chi connectivity index (χ1) is 9.08. The van der Waals surface area contributed by atoms with Gasteiger partial charge >= 0.3 is 0 Å². The number of fused-ring (bicyclic) bond motifs is 1. The smallest absolute Gasteiger partial charge is 0.116 e. The monoisotopic (exact) mass is 257 g/mol. The second-order valence-corrected chi connectivity index (χ2v) is 5.55. The van der Waals surface area contributed by atoms with Gasteiger partial charge < -0.3 is 15.1 Å². The van der Waals surface area contributed by atoms with Crippen LogP contribution >= 0.6 is 0 Å². The highest BCUT2D eigenvalue weighted by Crippen LogP contribution is 2.37. The highest BCUT2D eigenvalue weighted by molar-refractivity contribution is 5.87. The fourth-order valence-corrected chi connectivity index (χ4v) is 2.92. The molecule has 0 saturated carbocycles. The van der Waals surface area contributed by atoms with Crippen LogP contribution in [0.25, 0.3) is 10.8 Å². The minimum atomic E-state index is -0.778. The summed E-state index contributed by atoms with van der Waals surface area (Å²) < 4.78 is 0. The molecule has 1 aliphatic rings. The number of nitrogens with zero attached hydrogens (tertiary/aromatic N) is 1. The molecule has 2 aromatic rings. The van der Waals surface area contributed by atoms with Gasteiger partial charge in [-0.15, -0.1) is 0 Å². The Kier molecular flexibility index (Phi) is 2.96. The zero-order valence-electron chi connectivity index (χ0n) is 11.1.